The number of nitrogens with one attached hydrogen (secondary N) is 1. The van der Waals surface area contributed by atoms with Crippen molar-refractivity contribution in [1.82, 2.24) is 14.6 Å². The van der Waals surface area contributed by atoms with Crippen LogP contribution in [-0.2, 0) is 11.3 Å². The number of nitrogens with zero attached hydrogens (tertiary/aromatic N) is 2. The number of carbonyl (C=O) groups is 3. The Morgan fingerprint density at radius 2 is 2.03 bits per heavy atom. The molecule has 3 aromatic rings. The van der Waals surface area contributed by atoms with Crippen LogP contribution in [0.4, 0.5) is 5.69 Å². The van der Waals surface area contributed by atoms with Crippen molar-refractivity contribution in [3.63, 3.8) is 0 Å². The number of benzene rings is 1. The van der Waals surface area contributed by atoms with Crippen LogP contribution in [0.5, 0.6) is 5.75 Å². The van der Waals surface area contributed by atoms with Gasteiger partial charge in [-0.2, -0.15) is 4.37 Å². The van der Waals surface area contributed by atoms with Crippen LogP contribution in [0, 0.1) is 0 Å². The SMILES string of the molecule is COc1cccc(CN(C(=O)c2snc(C(N)=O)c2N)C(C(=O)NC2CCCC2)c2ccco2)c1. The quantitative estimate of drug-likeness (QED) is 0.411. The topological polar surface area (TPSA) is 154 Å². The highest BCUT2D eigenvalue weighted by Gasteiger charge is 2.37. The fraction of sp³-hybridized carbons (Fsp3) is 0.333. The third-order valence-electron chi connectivity index (χ3n) is 5.98. The number of rotatable bonds is 9. The van der Waals surface area contributed by atoms with Gasteiger partial charge in [0.15, 0.2) is 11.7 Å². The van der Waals surface area contributed by atoms with Gasteiger partial charge in [0, 0.05) is 12.6 Å². The second kappa shape index (κ2) is 10.6. The maximum absolute atomic E-state index is 13.9. The lowest BCUT2D eigenvalue weighted by Crippen LogP contribution is -2.45. The molecule has 1 aliphatic rings. The zero-order valence-electron chi connectivity index (χ0n) is 19.2. The molecule has 0 radical (unpaired) electrons. The van der Waals surface area contributed by atoms with Crippen molar-refractivity contribution in [2.24, 2.45) is 5.73 Å². The average Bonchev–Trinajstić information content (AvgIpc) is 3.61. The molecule has 1 unspecified atom stereocenters. The highest BCUT2D eigenvalue weighted by Crippen LogP contribution is 2.31. The monoisotopic (exact) mass is 497 g/mol. The van der Waals surface area contributed by atoms with Gasteiger partial charge in [0.05, 0.1) is 19.1 Å². The molecule has 3 amide bonds. The van der Waals surface area contributed by atoms with Crippen molar-refractivity contribution < 1.29 is 23.5 Å². The predicted molar refractivity (Wildman–Crippen MR) is 130 cm³/mol. The summed E-state index contributed by atoms with van der Waals surface area (Å²) in [6.07, 6.45) is 5.28. The van der Waals surface area contributed by atoms with Crippen LogP contribution in [0.2, 0.25) is 0 Å². The fourth-order valence-electron chi connectivity index (χ4n) is 4.23. The predicted octanol–water partition coefficient (Wildman–Crippen LogP) is 2.87. The molecule has 1 atom stereocenters. The van der Waals surface area contributed by atoms with Gasteiger partial charge in [-0.3, -0.25) is 14.4 Å². The molecule has 1 saturated carbocycles. The molecule has 4 rings (SSSR count). The number of carbonyl (C=O) groups excluding carboxylic acids is 3. The summed E-state index contributed by atoms with van der Waals surface area (Å²) in [6, 6.07) is 9.44. The van der Waals surface area contributed by atoms with E-state index in [2.05, 4.69) is 9.69 Å². The lowest BCUT2D eigenvalue weighted by atomic mass is 10.1. The van der Waals surface area contributed by atoms with Crippen LogP contribution >= 0.6 is 11.5 Å². The summed E-state index contributed by atoms with van der Waals surface area (Å²) in [7, 11) is 1.55. The van der Waals surface area contributed by atoms with Gasteiger partial charge in [-0.25, -0.2) is 0 Å². The fourth-order valence-corrected chi connectivity index (χ4v) is 4.99. The van der Waals surface area contributed by atoms with Gasteiger partial charge >= 0.3 is 0 Å². The molecule has 0 bridgehead atoms. The molecular weight excluding hydrogens is 470 g/mol. The Balaban J connectivity index is 1.76. The molecule has 35 heavy (non-hydrogen) atoms. The number of hydrogen-bond donors (Lipinski definition) is 3. The average molecular weight is 498 g/mol. The van der Waals surface area contributed by atoms with E-state index in [4.69, 9.17) is 20.6 Å². The highest BCUT2D eigenvalue weighted by atomic mass is 32.1. The van der Waals surface area contributed by atoms with Gasteiger partial charge in [0.1, 0.15) is 16.4 Å². The largest absolute Gasteiger partial charge is 0.497 e. The van der Waals surface area contributed by atoms with Crippen LogP contribution < -0.4 is 21.5 Å². The van der Waals surface area contributed by atoms with Crippen molar-refractivity contribution >= 4 is 34.9 Å². The van der Waals surface area contributed by atoms with Crippen LogP contribution in [-0.4, -0.2) is 40.1 Å². The first-order valence-corrected chi connectivity index (χ1v) is 12.0. The molecule has 1 fully saturated rings. The first kappa shape index (κ1) is 24.3. The molecule has 0 aliphatic heterocycles. The summed E-state index contributed by atoms with van der Waals surface area (Å²) >= 11 is 0.764. The van der Waals surface area contributed by atoms with Crippen molar-refractivity contribution in [3.05, 3.63) is 64.6 Å². The first-order valence-electron chi connectivity index (χ1n) is 11.2. The molecular formula is C24H27N5O5S. The summed E-state index contributed by atoms with van der Waals surface area (Å²) < 4.78 is 14.9. The Kier molecular flexibility index (Phi) is 7.35. The Bertz CT molecular complexity index is 1200. The van der Waals surface area contributed by atoms with E-state index in [1.54, 1.807) is 37.4 Å². The van der Waals surface area contributed by atoms with Crippen LogP contribution in [0.3, 0.4) is 0 Å². The van der Waals surface area contributed by atoms with E-state index < -0.39 is 17.9 Å². The lowest BCUT2D eigenvalue weighted by molar-refractivity contribution is -0.127. The zero-order valence-corrected chi connectivity index (χ0v) is 20.0. The van der Waals surface area contributed by atoms with Gasteiger partial charge in [-0.15, -0.1) is 0 Å². The number of hydrogen-bond acceptors (Lipinski definition) is 8. The number of anilines is 1. The number of methoxy groups -OCH3 is 1. The molecule has 11 heteroatoms. The number of furan rings is 1. The normalized spacial score (nSPS) is 14.4. The maximum Gasteiger partial charge on any atom is 0.270 e. The van der Waals surface area contributed by atoms with E-state index in [0.717, 1.165) is 42.8 Å². The van der Waals surface area contributed by atoms with Crippen molar-refractivity contribution in [2.75, 3.05) is 12.8 Å². The smallest absolute Gasteiger partial charge is 0.270 e. The van der Waals surface area contributed by atoms with Gasteiger partial charge in [0.25, 0.3) is 17.7 Å². The molecule has 2 heterocycles. The van der Waals surface area contributed by atoms with Crippen molar-refractivity contribution in [1.29, 1.82) is 0 Å². The summed E-state index contributed by atoms with van der Waals surface area (Å²) in [5.74, 6) is -0.860. The van der Waals surface area contributed by atoms with Crippen molar-refractivity contribution in [2.45, 2.75) is 44.3 Å². The molecule has 1 aliphatic carbocycles. The van der Waals surface area contributed by atoms with Gasteiger partial charge in [-0.1, -0.05) is 25.0 Å². The summed E-state index contributed by atoms with van der Waals surface area (Å²) in [5.41, 5.74) is 11.8. The van der Waals surface area contributed by atoms with E-state index in [1.165, 1.54) is 11.2 Å². The summed E-state index contributed by atoms with van der Waals surface area (Å²) in [6.45, 7) is 0.0444. The standard InChI is InChI=1S/C24H27N5O5S/c1-33-16-9-4-6-14(12-16)13-29(24(32)21-18(25)19(22(26)30)28-35-21)20(17-10-5-11-34-17)23(31)27-15-7-2-3-8-15/h4-6,9-12,15,20H,2-3,7-8,13,25H2,1H3,(H2,26,30)(H,27,31). The number of amides is 3. The Hall–Kier alpha value is -3.86. The third kappa shape index (κ3) is 5.29. The Morgan fingerprint density at radius 3 is 2.66 bits per heavy atom. The number of aromatic nitrogens is 1. The summed E-state index contributed by atoms with van der Waals surface area (Å²) in [4.78, 5) is 40.5. The van der Waals surface area contributed by atoms with Gasteiger partial charge in [0.2, 0.25) is 0 Å². The molecule has 0 saturated heterocycles. The molecule has 1 aromatic carbocycles. The molecule has 0 spiro atoms. The second-order valence-electron chi connectivity index (χ2n) is 8.33. The second-order valence-corrected chi connectivity index (χ2v) is 9.10. The van der Waals surface area contributed by atoms with Crippen LogP contribution in [0.25, 0.3) is 0 Å². The lowest BCUT2D eigenvalue weighted by Gasteiger charge is -2.30. The third-order valence-corrected chi connectivity index (χ3v) is 6.83. The number of nitrogens with two attached hydrogens (primary N) is 2. The minimum Gasteiger partial charge on any atom is -0.497 e. The zero-order chi connectivity index (χ0) is 24.9. The maximum atomic E-state index is 13.9. The first-order chi connectivity index (χ1) is 16.9. The van der Waals surface area contributed by atoms with Crippen LogP contribution in [0.1, 0.15) is 63.2 Å². The van der Waals surface area contributed by atoms with E-state index >= 15 is 0 Å². The Morgan fingerprint density at radius 1 is 1.26 bits per heavy atom. The summed E-state index contributed by atoms with van der Waals surface area (Å²) in [5, 5.41) is 3.07. The number of primary amides is 1. The van der Waals surface area contributed by atoms with E-state index in [0.29, 0.717) is 11.5 Å². The number of ether oxygens (including phenoxy) is 1. The Labute approximate surface area is 206 Å². The minimum absolute atomic E-state index is 0.0203. The molecule has 2 aromatic heterocycles. The van der Waals surface area contributed by atoms with E-state index in [1.807, 2.05) is 6.07 Å². The van der Waals surface area contributed by atoms with E-state index in [9.17, 15) is 14.4 Å². The minimum atomic E-state index is -1.08. The molecule has 184 valence electrons. The van der Waals surface area contributed by atoms with Crippen LogP contribution in [0.15, 0.2) is 47.1 Å². The number of nitrogen functional groups attached to an aromatic ring is 1. The highest BCUT2D eigenvalue weighted by molar-refractivity contribution is 7.09. The van der Waals surface area contributed by atoms with Gasteiger partial charge in [-0.05, 0) is 54.2 Å². The molecule has 5 N–H and O–H groups in total. The van der Waals surface area contributed by atoms with Crippen molar-refractivity contribution in [3.8, 4) is 5.75 Å². The van der Waals surface area contributed by atoms with Gasteiger partial charge < -0.3 is 30.8 Å². The molecule has 10 nitrogen and oxygen atoms in total. The van der Waals surface area contributed by atoms with E-state index in [-0.39, 0.29) is 34.8 Å².